The Labute approximate surface area is 200 Å². The molecule has 0 spiro atoms. The molecule has 0 bridgehead atoms. The Balaban J connectivity index is 1.65. The molecule has 1 saturated carbocycles. The number of halogens is 3. The van der Waals surface area contributed by atoms with Crippen LogP contribution >= 0.6 is 0 Å². The van der Waals surface area contributed by atoms with Gasteiger partial charge < -0.3 is 10.4 Å². The van der Waals surface area contributed by atoms with Gasteiger partial charge in [-0.3, -0.25) is 14.3 Å². The number of carbonyl (C=O) groups is 1. The van der Waals surface area contributed by atoms with E-state index in [-0.39, 0.29) is 6.54 Å². The van der Waals surface area contributed by atoms with Crippen molar-refractivity contribution in [1.82, 2.24) is 15.1 Å². The Kier molecular flexibility index (Phi) is 6.69. The first-order valence-corrected chi connectivity index (χ1v) is 11.4. The van der Waals surface area contributed by atoms with Gasteiger partial charge in [0.15, 0.2) is 11.4 Å². The maximum Gasteiger partial charge on any atom is 0.416 e. The van der Waals surface area contributed by atoms with Crippen molar-refractivity contribution in [2.45, 2.75) is 56.8 Å². The van der Waals surface area contributed by atoms with Gasteiger partial charge in [0.1, 0.15) is 0 Å². The number of nitrogens with zero attached hydrogens (tertiary/aromatic N) is 2. The zero-order chi connectivity index (χ0) is 25.2. The number of amides is 1. The molecular formula is C26H26F3N3O3. The number of hydrogen-bond donors (Lipinski definition) is 2. The third-order valence-corrected chi connectivity index (χ3v) is 6.64. The van der Waals surface area contributed by atoms with E-state index >= 15 is 0 Å². The zero-order valence-electron chi connectivity index (χ0n) is 19.2. The standard InChI is InChI=1S/C26H26F3N3O3/c1-17(18-8-3-2-4-9-18)30-24(35)22-23(34)21(33)15-32(31-22)16-25(12-5-6-13-25)19-10-7-11-20(14-19)26(27,28)29/h2-4,7-11,14-15,17,33H,5-6,12-13,16H2,1H3,(H,30,35). The highest BCUT2D eigenvalue weighted by Crippen LogP contribution is 2.44. The average Bonchev–Trinajstić information content (AvgIpc) is 3.31. The van der Waals surface area contributed by atoms with Crippen molar-refractivity contribution in [2.75, 3.05) is 0 Å². The van der Waals surface area contributed by atoms with E-state index in [2.05, 4.69) is 10.4 Å². The van der Waals surface area contributed by atoms with Gasteiger partial charge in [0, 0.05) is 5.41 Å². The molecule has 1 aliphatic rings. The Bertz CT molecular complexity index is 1270. The maximum atomic E-state index is 13.3. The second kappa shape index (κ2) is 9.56. The summed E-state index contributed by atoms with van der Waals surface area (Å²) < 4.78 is 41.3. The van der Waals surface area contributed by atoms with Crippen LogP contribution in [0.4, 0.5) is 13.2 Å². The van der Waals surface area contributed by atoms with Crippen molar-refractivity contribution in [3.05, 3.63) is 93.4 Å². The summed E-state index contributed by atoms with van der Waals surface area (Å²) in [5.41, 5.74) is -1.42. The highest BCUT2D eigenvalue weighted by Gasteiger charge is 2.39. The Morgan fingerprint density at radius 3 is 2.49 bits per heavy atom. The van der Waals surface area contributed by atoms with Crippen molar-refractivity contribution in [3.63, 3.8) is 0 Å². The molecule has 6 nitrogen and oxygen atoms in total. The number of hydrogen-bond acceptors (Lipinski definition) is 4. The van der Waals surface area contributed by atoms with Crippen LogP contribution in [0, 0.1) is 0 Å². The molecule has 184 valence electrons. The lowest BCUT2D eigenvalue weighted by Gasteiger charge is -2.31. The van der Waals surface area contributed by atoms with Crippen molar-refractivity contribution in [2.24, 2.45) is 0 Å². The van der Waals surface area contributed by atoms with Gasteiger partial charge in [-0.1, -0.05) is 61.4 Å². The zero-order valence-corrected chi connectivity index (χ0v) is 19.2. The molecule has 2 aromatic carbocycles. The van der Waals surface area contributed by atoms with Gasteiger partial charge in [-0.15, -0.1) is 0 Å². The van der Waals surface area contributed by atoms with E-state index in [0.717, 1.165) is 36.7 Å². The van der Waals surface area contributed by atoms with Crippen LogP contribution in [-0.2, 0) is 18.1 Å². The van der Waals surface area contributed by atoms with E-state index in [1.807, 2.05) is 30.3 Å². The summed E-state index contributed by atoms with van der Waals surface area (Å²) in [6, 6.07) is 14.0. The molecule has 1 aromatic heterocycles. The predicted molar refractivity (Wildman–Crippen MR) is 124 cm³/mol. The van der Waals surface area contributed by atoms with Gasteiger partial charge in [-0.25, -0.2) is 0 Å². The largest absolute Gasteiger partial charge is 0.503 e. The number of aromatic nitrogens is 2. The molecule has 35 heavy (non-hydrogen) atoms. The molecule has 2 N–H and O–H groups in total. The molecule has 1 aliphatic carbocycles. The minimum absolute atomic E-state index is 0.122. The molecule has 1 atom stereocenters. The molecule has 0 saturated heterocycles. The van der Waals surface area contributed by atoms with Crippen LogP contribution in [0.25, 0.3) is 0 Å². The lowest BCUT2D eigenvalue weighted by Crippen LogP contribution is -2.35. The Hall–Kier alpha value is -3.62. The minimum Gasteiger partial charge on any atom is -0.503 e. The fourth-order valence-electron chi connectivity index (χ4n) is 4.77. The summed E-state index contributed by atoms with van der Waals surface area (Å²) in [5.74, 6) is -1.38. The second-order valence-electron chi connectivity index (χ2n) is 9.06. The van der Waals surface area contributed by atoms with E-state index in [4.69, 9.17) is 0 Å². The van der Waals surface area contributed by atoms with Gasteiger partial charge in [0.2, 0.25) is 0 Å². The average molecular weight is 486 g/mol. The lowest BCUT2D eigenvalue weighted by molar-refractivity contribution is -0.137. The summed E-state index contributed by atoms with van der Waals surface area (Å²) >= 11 is 0. The third-order valence-electron chi connectivity index (χ3n) is 6.64. The highest BCUT2D eigenvalue weighted by molar-refractivity contribution is 5.92. The van der Waals surface area contributed by atoms with Crippen LogP contribution in [0.15, 0.2) is 65.6 Å². The van der Waals surface area contributed by atoms with Crippen LogP contribution in [0.2, 0.25) is 0 Å². The molecule has 1 amide bonds. The number of nitrogens with one attached hydrogen (secondary N) is 1. The quantitative estimate of drug-likeness (QED) is 0.516. The van der Waals surface area contributed by atoms with E-state index in [1.54, 1.807) is 13.0 Å². The molecule has 4 rings (SSSR count). The van der Waals surface area contributed by atoms with Gasteiger partial charge in [-0.05, 0) is 37.0 Å². The van der Waals surface area contributed by atoms with E-state index in [9.17, 15) is 27.9 Å². The van der Waals surface area contributed by atoms with Crippen molar-refractivity contribution < 1.29 is 23.1 Å². The Morgan fingerprint density at radius 1 is 1.14 bits per heavy atom. The minimum atomic E-state index is -4.47. The van der Waals surface area contributed by atoms with E-state index in [0.29, 0.717) is 18.4 Å². The number of aromatic hydroxyl groups is 1. The monoisotopic (exact) mass is 485 g/mol. The first kappa shape index (κ1) is 24.5. The maximum absolute atomic E-state index is 13.3. The Morgan fingerprint density at radius 2 is 1.83 bits per heavy atom. The first-order valence-electron chi connectivity index (χ1n) is 11.4. The first-order chi connectivity index (χ1) is 16.6. The number of rotatable bonds is 6. The van der Waals surface area contributed by atoms with Gasteiger partial charge >= 0.3 is 6.18 Å². The fraction of sp³-hybridized carbons (Fsp3) is 0.346. The topological polar surface area (TPSA) is 84.2 Å². The second-order valence-corrected chi connectivity index (χ2v) is 9.06. The van der Waals surface area contributed by atoms with Crippen LogP contribution in [-0.4, -0.2) is 20.8 Å². The molecule has 0 radical (unpaired) electrons. The fourth-order valence-corrected chi connectivity index (χ4v) is 4.77. The van der Waals surface area contributed by atoms with E-state index < -0.39 is 46.0 Å². The molecule has 9 heteroatoms. The summed E-state index contributed by atoms with van der Waals surface area (Å²) in [6.45, 7) is 1.88. The SMILES string of the molecule is CC(NC(=O)c1nn(CC2(c3cccc(C(F)(F)F)c3)CCCC2)cc(O)c1=O)c1ccccc1. The molecule has 3 aromatic rings. The lowest BCUT2D eigenvalue weighted by atomic mass is 9.78. The van der Waals surface area contributed by atoms with Gasteiger partial charge in [0.25, 0.3) is 11.3 Å². The van der Waals surface area contributed by atoms with E-state index in [1.165, 1.54) is 10.7 Å². The molecule has 1 fully saturated rings. The summed E-state index contributed by atoms with van der Waals surface area (Å²) in [5, 5.41) is 17.2. The number of alkyl halides is 3. The van der Waals surface area contributed by atoms with Crippen molar-refractivity contribution in [3.8, 4) is 5.75 Å². The van der Waals surface area contributed by atoms with Crippen LogP contribution in [0.1, 0.15) is 65.8 Å². The summed E-state index contributed by atoms with van der Waals surface area (Å²) in [6.07, 6.45) is -0.447. The summed E-state index contributed by atoms with van der Waals surface area (Å²) in [4.78, 5) is 25.4. The summed E-state index contributed by atoms with van der Waals surface area (Å²) in [7, 11) is 0. The normalized spacial score (nSPS) is 16.1. The van der Waals surface area contributed by atoms with Crippen molar-refractivity contribution >= 4 is 5.91 Å². The third kappa shape index (κ3) is 5.23. The molecule has 1 heterocycles. The van der Waals surface area contributed by atoms with Crippen LogP contribution < -0.4 is 10.7 Å². The van der Waals surface area contributed by atoms with Gasteiger partial charge in [0.05, 0.1) is 24.3 Å². The molecule has 1 unspecified atom stereocenters. The predicted octanol–water partition coefficient (Wildman–Crippen LogP) is 4.97. The molecular weight excluding hydrogens is 459 g/mol. The van der Waals surface area contributed by atoms with Crippen molar-refractivity contribution in [1.29, 1.82) is 0 Å². The molecule has 0 aliphatic heterocycles. The number of benzene rings is 2. The van der Waals surface area contributed by atoms with Crippen LogP contribution in [0.5, 0.6) is 5.75 Å². The van der Waals surface area contributed by atoms with Crippen LogP contribution in [0.3, 0.4) is 0 Å². The smallest absolute Gasteiger partial charge is 0.416 e. The number of carbonyl (C=O) groups excluding carboxylic acids is 1. The highest BCUT2D eigenvalue weighted by atomic mass is 19.4. The van der Waals surface area contributed by atoms with Gasteiger partial charge in [-0.2, -0.15) is 18.3 Å².